The van der Waals surface area contributed by atoms with Crippen molar-refractivity contribution in [3.05, 3.63) is 59.3 Å². The van der Waals surface area contributed by atoms with Gasteiger partial charge in [-0.15, -0.1) is 0 Å². The van der Waals surface area contributed by atoms with E-state index in [0.717, 1.165) is 33.7 Å². The molecular weight excluding hydrogens is 272 g/mol. The summed E-state index contributed by atoms with van der Waals surface area (Å²) >= 11 is 0. The molecule has 0 aliphatic carbocycles. The van der Waals surface area contributed by atoms with Gasteiger partial charge >= 0.3 is 0 Å². The van der Waals surface area contributed by atoms with Crippen LogP contribution in [0.25, 0.3) is 10.9 Å². The molecule has 3 aromatic rings. The number of nitrogens with one attached hydrogen (secondary N) is 1. The van der Waals surface area contributed by atoms with Crippen molar-refractivity contribution >= 4 is 22.3 Å². The van der Waals surface area contributed by atoms with Crippen LogP contribution in [-0.2, 0) is 0 Å². The number of methoxy groups -OCH3 is 1. The Balaban J connectivity index is 2.12. The topological polar surface area (TPSA) is 34.1 Å². The van der Waals surface area contributed by atoms with Gasteiger partial charge in [0.1, 0.15) is 5.75 Å². The van der Waals surface area contributed by atoms with E-state index in [0.29, 0.717) is 0 Å². The Hall–Kier alpha value is -2.55. The minimum Gasteiger partial charge on any atom is -0.497 e. The lowest BCUT2D eigenvalue weighted by atomic mass is 10.1. The number of ether oxygens (including phenoxy) is 1. The molecule has 0 aliphatic rings. The molecule has 1 N–H and O–H groups in total. The SMILES string of the molecule is COc1ccc2nc(C)cc(Nc3ccc(C)cc3C)c2c1. The first-order valence-corrected chi connectivity index (χ1v) is 7.36. The zero-order valence-electron chi connectivity index (χ0n) is 13.4. The molecule has 22 heavy (non-hydrogen) atoms. The molecule has 0 saturated carbocycles. The molecule has 1 heterocycles. The van der Waals surface area contributed by atoms with E-state index in [1.165, 1.54) is 11.1 Å². The number of hydrogen-bond donors (Lipinski definition) is 1. The highest BCUT2D eigenvalue weighted by molar-refractivity contribution is 5.94. The van der Waals surface area contributed by atoms with Crippen LogP contribution in [0, 0.1) is 20.8 Å². The minimum atomic E-state index is 0.835. The molecule has 1 aromatic heterocycles. The van der Waals surface area contributed by atoms with E-state index < -0.39 is 0 Å². The van der Waals surface area contributed by atoms with Crippen LogP contribution in [0.1, 0.15) is 16.8 Å². The normalized spacial score (nSPS) is 10.7. The summed E-state index contributed by atoms with van der Waals surface area (Å²) in [6.07, 6.45) is 0. The summed E-state index contributed by atoms with van der Waals surface area (Å²) in [6.45, 7) is 6.23. The minimum absolute atomic E-state index is 0.835. The van der Waals surface area contributed by atoms with Crippen molar-refractivity contribution in [2.75, 3.05) is 12.4 Å². The summed E-state index contributed by atoms with van der Waals surface area (Å²) in [5, 5.41) is 4.60. The summed E-state index contributed by atoms with van der Waals surface area (Å²) < 4.78 is 5.34. The Morgan fingerprint density at radius 2 is 1.73 bits per heavy atom. The van der Waals surface area contributed by atoms with E-state index in [9.17, 15) is 0 Å². The first-order chi connectivity index (χ1) is 10.6. The lowest BCUT2D eigenvalue weighted by Crippen LogP contribution is -1.97. The van der Waals surface area contributed by atoms with Gasteiger partial charge in [-0.25, -0.2) is 0 Å². The third-order valence-corrected chi connectivity index (χ3v) is 3.80. The van der Waals surface area contributed by atoms with Crippen LogP contribution in [-0.4, -0.2) is 12.1 Å². The van der Waals surface area contributed by atoms with Crippen LogP contribution in [0.3, 0.4) is 0 Å². The lowest BCUT2D eigenvalue weighted by Gasteiger charge is -2.14. The third kappa shape index (κ3) is 2.75. The number of aryl methyl sites for hydroxylation is 3. The fourth-order valence-corrected chi connectivity index (χ4v) is 2.67. The summed E-state index contributed by atoms with van der Waals surface area (Å²) in [4.78, 5) is 4.59. The van der Waals surface area contributed by atoms with Crippen molar-refractivity contribution in [2.45, 2.75) is 20.8 Å². The summed E-state index contributed by atoms with van der Waals surface area (Å²) in [6, 6.07) is 14.4. The molecule has 0 fully saturated rings. The van der Waals surface area contributed by atoms with Gasteiger partial charge in [-0.3, -0.25) is 4.98 Å². The van der Waals surface area contributed by atoms with Gasteiger partial charge < -0.3 is 10.1 Å². The Morgan fingerprint density at radius 1 is 0.909 bits per heavy atom. The van der Waals surface area contributed by atoms with E-state index in [-0.39, 0.29) is 0 Å². The van der Waals surface area contributed by atoms with Crippen LogP contribution < -0.4 is 10.1 Å². The van der Waals surface area contributed by atoms with Crippen LogP contribution in [0.5, 0.6) is 5.75 Å². The maximum Gasteiger partial charge on any atom is 0.119 e. The van der Waals surface area contributed by atoms with Crippen LogP contribution >= 0.6 is 0 Å². The zero-order chi connectivity index (χ0) is 15.7. The van der Waals surface area contributed by atoms with Gasteiger partial charge in [-0.05, 0) is 56.7 Å². The Kier molecular flexibility index (Phi) is 3.72. The largest absolute Gasteiger partial charge is 0.497 e. The molecule has 0 spiro atoms. The Labute approximate surface area is 131 Å². The van der Waals surface area contributed by atoms with Crippen molar-refractivity contribution in [3.63, 3.8) is 0 Å². The molecule has 0 radical (unpaired) electrons. The second-order valence-corrected chi connectivity index (χ2v) is 5.64. The summed E-state index contributed by atoms with van der Waals surface area (Å²) in [7, 11) is 1.68. The molecular formula is C19H20N2O. The Bertz CT molecular complexity index is 840. The van der Waals surface area contributed by atoms with Crippen molar-refractivity contribution in [2.24, 2.45) is 0 Å². The highest BCUT2D eigenvalue weighted by Crippen LogP contribution is 2.30. The number of aromatic nitrogens is 1. The van der Waals surface area contributed by atoms with Crippen molar-refractivity contribution in [1.29, 1.82) is 0 Å². The quantitative estimate of drug-likeness (QED) is 0.744. The molecule has 2 aromatic carbocycles. The first kappa shape index (κ1) is 14.4. The number of benzene rings is 2. The maximum atomic E-state index is 5.34. The van der Waals surface area contributed by atoms with Gasteiger partial charge in [0.15, 0.2) is 0 Å². The van der Waals surface area contributed by atoms with Crippen LogP contribution in [0.15, 0.2) is 42.5 Å². The zero-order valence-corrected chi connectivity index (χ0v) is 13.4. The molecule has 0 amide bonds. The fourth-order valence-electron chi connectivity index (χ4n) is 2.67. The van der Waals surface area contributed by atoms with Crippen LogP contribution in [0.2, 0.25) is 0 Å². The van der Waals surface area contributed by atoms with Gasteiger partial charge in [0.05, 0.1) is 12.6 Å². The number of anilines is 2. The highest BCUT2D eigenvalue weighted by Gasteiger charge is 2.07. The van der Waals surface area contributed by atoms with Gasteiger partial charge in [-0.1, -0.05) is 17.7 Å². The van der Waals surface area contributed by atoms with Crippen molar-refractivity contribution in [3.8, 4) is 5.75 Å². The predicted octanol–water partition coefficient (Wildman–Crippen LogP) is 4.91. The van der Waals surface area contributed by atoms with Gasteiger partial charge in [0.25, 0.3) is 0 Å². The molecule has 3 rings (SSSR count). The summed E-state index contributed by atoms with van der Waals surface area (Å²) in [5.74, 6) is 0.835. The molecule has 0 unspecified atom stereocenters. The molecule has 0 aliphatic heterocycles. The van der Waals surface area contributed by atoms with Gasteiger partial charge in [-0.2, -0.15) is 0 Å². The number of hydrogen-bond acceptors (Lipinski definition) is 3. The van der Waals surface area contributed by atoms with E-state index in [4.69, 9.17) is 4.74 Å². The average Bonchev–Trinajstić information content (AvgIpc) is 2.49. The average molecular weight is 292 g/mol. The predicted molar refractivity (Wildman–Crippen MR) is 92.2 cm³/mol. The monoisotopic (exact) mass is 292 g/mol. The van der Waals surface area contributed by atoms with E-state index in [1.807, 2.05) is 25.1 Å². The highest BCUT2D eigenvalue weighted by atomic mass is 16.5. The lowest BCUT2D eigenvalue weighted by molar-refractivity contribution is 0.415. The summed E-state index contributed by atoms with van der Waals surface area (Å²) in [5.41, 5.74) is 6.61. The van der Waals surface area contributed by atoms with E-state index in [1.54, 1.807) is 7.11 Å². The number of rotatable bonds is 3. The second-order valence-electron chi connectivity index (χ2n) is 5.64. The number of pyridine rings is 1. The molecule has 0 bridgehead atoms. The molecule has 3 heteroatoms. The molecule has 112 valence electrons. The standard InChI is InChI=1S/C19H20N2O/c1-12-5-7-17(13(2)9-12)21-19-10-14(3)20-18-8-6-15(22-4)11-16(18)19/h5-11H,1-4H3,(H,20,21). The molecule has 0 atom stereocenters. The van der Waals surface area contributed by atoms with E-state index in [2.05, 4.69) is 48.4 Å². The fraction of sp³-hybridized carbons (Fsp3) is 0.211. The smallest absolute Gasteiger partial charge is 0.119 e. The molecule has 0 saturated heterocycles. The van der Waals surface area contributed by atoms with Gasteiger partial charge in [0, 0.05) is 22.5 Å². The maximum absolute atomic E-state index is 5.34. The van der Waals surface area contributed by atoms with E-state index >= 15 is 0 Å². The van der Waals surface area contributed by atoms with Crippen LogP contribution in [0.4, 0.5) is 11.4 Å². The van der Waals surface area contributed by atoms with Crippen molar-refractivity contribution < 1.29 is 4.74 Å². The second kappa shape index (κ2) is 5.68. The van der Waals surface area contributed by atoms with Gasteiger partial charge in [0.2, 0.25) is 0 Å². The Morgan fingerprint density at radius 3 is 2.45 bits per heavy atom. The third-order valence-electron chi connectivity index (χ3n) is 3.80. The first-order valence-electron chi connectivity index (χ1n) is 7.36. The van der Waals surface area contributed by atoms with Crippen molar-refractivity contribution in [1.82, 2.24) is 4.98 Å². The molecule has 3 nitrogen and oxygen atoms in total. The number of nitrogens with zero attached hydrogens (tertiary/aromatic N) is 1. The number of fused-ring (bicyclic) bond motifs is 1.